The van der Waals surface area contributed by atoms with Gasteiger partial charge in [-0.3, -0.25) is 0 Å². The summed E-state index contributed by atoms with van der Waals surface area (Å²) >= 11 is 5.76. The van der Waals surface area contributed by atoms with Crippen LogP contribution >= 0.6 is 24.0 Å². The number of hydrogen-bond acceptors (Lipinski definition) is 3. The standard InChI is InChI=1S/C7H5NS2.Mn.Zn/c9-7-8-5-3-1-2-4-6(5)10-7;;/h1-4H,(H,8,9);;. The molecular weight excluding hydrogens is 283 g/mol. The summed E-state index contributed by atoms with van der Waals surface area (Å²) < 4.78 is 2.04. The molecule has 0 spiro atoms. The maximum Gasteiger partial charge on any atom is 0.148 e. The van der Waals surface area contributed by atoms with Crippen LogP contribution in [-0.2, 0) is 36.5 Å². The summed E-state index contributed by atoms with van der Waals surface area (Å²) in [6.45, 7) is 0. The van der Waals surface area contributed by atoms with E-state index in [2.05, 4.69) is 17.6 Å². The number of benzene rings is 1. The van der Waals surface area contributed by atoms with Gasteiger partial charge in [-0.25, -0.2) is 4.98 Å². The average molecular weight is 288 g/mol. The normalized spacial score (nSPS) is 8.75. The summed E-state index contributed by atoms with van der Waals surface area (Å²) in [5.74, 6) is 0. The molecule has 5 heteroatoms. The predicted molar refractivity (Wildman–Crippen MR) is 46.9 cm³/mol. The van der Waals surface area contributed by atoms with Crippen LogP contribution in [0, 0.1) is 0 Å². The second-order valence-corrected chi connectivity index (χ2v) is 3.72. The number of nitrogens with zero attached hydrogens (tertiary/aromatic N) is 1. The molecule has 2 rings (SSSR count). The zero-order valence-corrected chi connectivity index (χ0v) is 12.1. The van der Waals surface area contributed by atoms with Gasteiger partial charge in [0.05, 0.1) is 10.2 Å². The molecule has 0 unspecified atom stereocenters. The van der Waals surface area contributed by atoms with Gasteiger partial charge in [-0.05, 0) is 12.1 Å². The molecule has 0 bridgehead atoms. The van der Waals surface area contributed by atoms with E-state index < -0.39 is 0 Å². The van der Waals surface area contributed by atoms with Crippen LogP contribution in [0.4, 0.5) is 0 Å². The van der Waals surface area contributed by atoms with Crippen LogP contribution in [0.1, 0.15) is 0 Å². The molecular formula is C7H5MnNS2Zn. The molecule has 0 saturated carbocycles. The first-order chi connectivity index (χ1) is 4.86. The number of thiazole rings is 1. The quantitative estimate of drug-likeness (QED) is 0.580. The van der Waals surface area contributed by atoms with Gasteiger partial charge in [-0.2, -0.15) is 0 Å². The predicted octanol–water partition coefficient (Wildman–Crippen LogP) is 2.58. The van der Waals surface area contributed by atoms with Crippen molar-refractivity contribution in [3.05, 3.63) is 24.3 Å². The number of thiol groups is 1. The Labute approximate surface area is 104 Å². The van der Waals surface area contributed by atoms with Crippen molar-refractivity contribution in [3.8, 4) is 0 Å². The molecule has 59 valence electrons. The molecule has 12 heavy (non-hydrogen) atoms. The zero-order chi connectivity index (χ0) is 6.97. The fourth-order valence-electron chi connectivity index (χ4n) is 0.860. The Bertz CT molecular complexity index is 330. The topological polar surface area (TPSA) is 12.9 Å². The SMILES string of the molecule is Sc1nc2ccccc2s1.[Mn].[Zn]. The Balaban J connectivity index is 0.000000605. The summed E-state index contributed by atoms with van der Waals surface area (Å²) in [4.78, 5) is 4.20. The maximum absolute atomic E-state index is 4.20. The summed E-state index contributed by atoms with van der Waals surface area (Å²) in [5.41, 5.74) is 1.04. The van der Waals surface area contributed by atoms with E-state index in [1.54, 1.807) is 11.3 Å². The molecule has 0 atom stereocenters. The monoisotopic (exact) mass is 286 g/mol. The van der Waals surface area contributed by atoms with Crippen molar-refractivity contribution in [1.82, 2.24) is 4.98 Å². The van der Waals surface area contributed by atoms with Gasteiger partial charge in [0.15, 0.2) is 0 Å². The van der Waals surface area contributed by atoms with Gasteiger partial charge in [0.1, 0.15) is 4.34 Å². The first-order valence-corrected chi connectivity index (χ1v) is 4.17. The minimum atomic E-state index is 0. The van der Waals surface area contributed by atoms with Crippen LogP contribution in [-0.4, -0.2) is 4.98 Å². The summed E-state index contributed by atoms with van der Waals surface area (Å²) in [7, 11) is 0. The Hall–Kier alpha value is 0.603. The number of aromatic nitrogens is 1. The minimum absolute atomic E-state index is 0. The van der Waals surface area contributed by atoms with Crippen LogP contribution in [0.25, 0.3) is 10.2 Å². The molecule has 2 aromatic rings. The van der Waals surface area contributed by atoms with Crippen LogP contribution < -0.4 is 0 Å². The van der Waals surface area contributed by atoms with E-state index >= 15 is 0 Å². The fraction of sp³-hybridized carbons (Fsp3) is 0. The zero-order valence-electron chi connectivity index (χ0n) is 6.20. The first kappa shape index (κ1) is 12.6. The minimum Gasteiger partial charge on any atom is -0.230 e. The molecule has 0 amide bonds. The van der Waals surface area contributed by atoms with E-state index in [4.69, 9.17) is 0 Å². The number of rotatable bonds is 0. The Kier molecular flexibility index (Phi) is 5.63. The summed E-state index contributed by atoms with van der Waals surface area (Å²) in [6, 6.07) is 8.03. The van der Waals surface area contributed by atoms with E-state index in [1.807, 2.05) is 24.3 Å². The molecule has 1 heterocycles. The van der Waals surface area contributed by atoms with Gasteiger partial charge in [0, 0.05) is 36.5 Å². The molecule has 0 fully saturated rings. The molecule has 0 saturated heterocycles. The van der Waals surface area contributed by atoms with Gasteiger partial charge in [0.2, 0.25) is 0 Å². The van der Waals surface area contributed by atoms with Crippen LogP contribution in [0.15, 0.2) is 28.6 Å². The Morgan fingerprint density at radius 2 is 1.92 bits per heavy atom. The van der Waals surface area contributed by atoms with Gasteiger partial charge >= 0.3 is 0 Å². The third-order valence-corrected chi connectivity index (χ3v) is 2.50. The fourth-order valence-corrected chi connectivity index (χ4v) is 1.97. The molecule has 1 aromatic heterocycles. The molecule has 0 aliphatic heterocycles. The number of hydrogen-bond donors (Lipinski definition) is 1. The van der Waals surface area contributed by atoms with E-state index in [0.29, 0.717) is 0 Å². The van der Waals surface area contributed by atoms with Crippen molar-refractivity contribution in [1.29, 1.82) is 0 Å². The smallest absolute Gasteiger partial charge is 0.148 e. The second kappa shape index (κ2) is 5.36. The van der Waals surface area contributed by atoms with Gasteiger partial charge in [-0.15, -0.1) is 24.0 Å². The van der Waals surface area contributed by atoms with Crippen molar-refractivity contribution in [2.24, 2.45) is 0 Å². The van der Waals surface area contributed by atoms with E-state index in [1.165, 1.54) is 4.70 Å². The van der Waals surface area contributed by atoms with Crippen molar-refractivity contribution < 1.29 is 36.5 Å². The molecule has 1 aromatic carbocycles. The molecule has 1 nitrogen and oxygen atoms in total. The largest absolute Gasteiger partial charge is 0.230 e. The van der Waals surface area contributed by atoms with Crippen LogP contribution in [0.3, 0.4) is 0 Å². The molecule has 1 radical (unpaired) electrons. The Morgan fingerprint density at radius 3 is 2.58 bits per heavy atom. The van der Waals surface area contributed by atoms with Crippen molar-refractivity contribution in [2.45, 2.75) is 4.34 Å². The summed E-state index contributed by atoms with van der Waals surface area (Å²) in [6.07, 6.45) is 0. The number of para-hydroxylation sites is 1. The van der Waals surface area contributed by atoms with E-state index in [9.17, 15) is 0 Å². The van der Waals surface area contributed by atoms with Crippen LogP contribution in [0.2, 0.25) is 0 Å². The van der Waals surface area contributed by atoms with Gasteiger partial charge < -0.3 is 0 Å². The second-order valence-electron chi connectivity index (χ2n) is 1.96. The van der Waals surface area contributed by atoms with Crippen molar-refractivity contribution >= 4 is 34.2 Å². The Morgan fingerprint density at radius 1 is 1.25 bits per heavy atom. The van der Waals surface area contributed by atoms with E-state index in [0.717, 1.165) is 9.86 Å². The third kappa shape index (κ3) is 2.54. The third-order valence-electron chi connectivity index (χ3n) is 1.28. The van der Waals surface area contributed by atoms with Crippen molar-refractivity contribution in [3.63, 3.8) is 0 Å². The maximum atomic E-state index is 4.20. The molecule has 0 aliphatic rings. The molecule has 0 aliphatic carbocycles. The van der Waals surface area contributed by atoms with Crippen LogP contribution in [0.5, 0.6) is 0 Å². The van der Waals surface area contributed by atoms with E-state index in [-0.39, 0.29) is 36.5 Å². The summed E-state index contributed by atoms with van der Waals surface area (Å²) in [5, 5.41) is 0. The average Bonchev–Trinajstić information content (AvgIpc) is 2.27. The van der Waals surface area contributed by atoms with Gasteiger partial charge in [-0.1, -0.05) is 12.1 Å². The number of fused-ring (bicyclic) bond motifs is 1. The van der Waals surface area contributed by atoms with Crippen molar-refractivity contribution in [2.75, 3.05) is 0 Å². The van der Waals surface area contributed by atoms with Gasteiger partial charge in [0.25, 0.3) is 0 Å². The molecule has 0 N–H and O–H groups in total. The first-order valence-electron chi connectivity index (χ1n) is 2.91.